The summed E-state index contributed by atoms with van der Waals surface area (Å²) in [4.78, 5) is 16.5. The summed E-state index contributed by atoms with van der Waals surface area (Å²) in [5.74, 6) is 1.40. The van der Waals surface area contributed by atoms with Crippen LogP contribution < -0.4 is 14.8 Å². The summed E-state index contributed by atoms with van der Waals surface area (Å²) in [6, 6.07) is 7.50. The van der Waals surface area contributed by atoms with Crippen LogP contribution in [0.4, 0.5) is 0 Å². The van der Waals surface area contributed by atoms with Gasteiger partial charge in [0.25, 0.3) is 0 Å². The quantitative estimate of drug-likeness (QED) is 0.863. The maximum Gasteiger partial charge on any atom is 0.231 e. The Kier molecular flexibility index (Phi) is 4.24. The highest BCUT2D eigenvalue weighted by Gasteiger charge is 2.18. The van der Waals surface area contributed by atoms with Crippen LogP contribution in [0, 0.1) is 11.3 Å². The highest BCUT2D eigenvalue weighted by atomic mass is 32.2. The summed E-state index contributed by atoms with van der Waals surface area (Å²) in [5, 5.41) is 13.6. The van der Waals surface area contributed by atoms with E-state index in [1.807, 2.05) is 26.8 Å². The molecule has 0 radical (unpaired) electrons. The molecule has 7 heteroatoms. The first-order valence-corrected chi connectivity index (χ1v) is 8.42. The van der Waals surface area contributed by atoms with E-state index >= 15 is 0 Å². The molecule has 0 fully saturated rings. The second-order valence-corrected chi connectivity index (χ2v) is 7.40. The molecule has 0 saturated heterocycles. The van der Waals surface area contributed by atoms with Gasteiger partial charge in [-0.3, -0.25) is 4.79 Å². The van der Waals surface area contributed by atoms with Crippen molar-refractivity contribution in [1.29, 1.82) is 5.26 Å². The second kappa shape index (κ2) is 6.21. The molecule has 1 aromatic carbocycles. The van der Waals surface area contributed by atoms with E-state index in [-0.39, 0.29) is 24.0 Å². The molecule has 3 rings (SSSR count). The van der Waals surface area contributed by atoms with Gasteiger partial charge in [-0.1, -0.05) is 11.8 Å². The van der Waals surface area contributed by atoms with Gasteiger partial charge in [-0.05, 0) is 32.9 Å². The van der Waals surface area contributed by atoms with Crippen molar-refractivity contribution in [3.05, 3.63) is 23.8 Å². The Balaban J connectivity index is 1.86. The van der Waals surface area contributed by atoms with E-state index in [4.69, 9.17) is 9.47 Å². The van der Waals surface area contributed by atoms with Crippen LogP contribution >= 0.6 is 11.8 Å². The van der Waals surface area contributed by atoms with Crippen LogP contribution in [-0.2, 0) is 4.79 Å². The van der Waals surface area contributed by atoms with Crippen LogP contribution in [0.15, 0.2) is 23.2 Å². The van der Waals surface area contributed by atoms with Gasteiger partial charge < -0.3 is 14.8 Å². The third-order valence-electron chi connectivity index (χ3n) is 3.25. The number of nitrogens with one attached hydrogen (secondary N) is 1. The van der Waals surface area contributed by atoms with Crippen molar-refractivity contribution >= 4 is 28.6 Å². The van der Waals surface area contributed by atoms with Crippen molar-refractivity contribution < 1.29 is 14.3 Å². The third kappa shape index (κ3) is 3.54. The Morgan fingerprint density at radius 3 is 2.71 bits per heavy atom. The van der Waals surface area contributed by atoms with Crippen LogP contribution in [0.2, 0.25) is 0 Å². The average molecular weight is 343 g/mol. The topological polar surface area (TPSA) is 84.2 Å². The molecule has 1 aromatic heterocycles. The van der Waals surface area contributed by atoms with Gasteiger partial charge in [0.2, 0.25) is 12.7 Å². The number of benzene rings is 1. The number of rotatable bonds is 3. The molecule has 24 heavy (non-hydrogen) atoms. The van der Waals surface area contributed by atoms with E-state index in [0.717, 1.165) is 5.39 Å². The molecule has 1 aliphatic rings. The molecule has 0 spiro atoms. The summed E-state index contributed by atoms with van der Waals surface area (Å²) in [6.07, 6.45) is 0. The van der Waals surface area contributed by atoms with Crippen molar-refractivity contribution in [2.75, 3.05) is 12.5 Å². The van der Waals surface area contributed by atoms with Gasteiger partial charge in [-0.25, -0.2) is 4.98 Å². The van der Waals surface area contributed by atoms with Crippen LogP contribution in [0.5, 0.6) is 11.5 Å². The van der Waals surface area contributed by atoms with E-state index in [1.165, 1.54) is 11.8 Å². The first-order chi connectivity index (χ1) is 11.4. The normalized spacial score (nSPS) is 12.9. The molecule has 1 aliphatic heterocycles. The predicted octanol–water partition coefficient (Wildman–Crippen LogP) is 2.84. The van der Waals surface area contributed by atoms with Gasteiger partial charge in [0, 0.05) is 17.0 Å². The third-order valence-corrected chi connectivity index (χ3v) is 4.24. The monoisotopic (exact) mass is 343 g/mol. The van der Waals surface area contributed by atoms with Crippen molar-refractivity contribution in [2.45, 2.75) is 31.3 Å². The Labute approximate surface area is 144 Å². The van der Waals surface area contributed by atoms with Gasteiger partial charge in [0.1, 0.15) is 11.1 Å². The van der Waals surface area contributed by atoms with E-state index in [2.05, 4.69) is 16.4 Å². The minimum absolute atomic E-state index is 0.0935. The lowest BCUT2D eigenvalue weighted by Gasteiger charge is -2.20. The Bertz CT molecular complexity index is 853. The van der Waals surface area contributed by atoms with Gasteiger partial charge in [-0.2, -0.15) is 5.26 Å². The lowest BCUT2D eigenvalue weighted by Crippen LogP contribution is -2.41. The molecule has 1 amide bonds. The molecule has 2 heterocycles. The average Bonchev–Trinajstić information content (AvgIpc) is 2.95. The van der Waals surface area contributed by atoms with Crippen molar-refractivity contribution in [3.63, 3.8) is 0 Å². The zero-order valence-corrected chi connectivity index (χ0v) is 14.5. The van der Waals surface area contributed by atoms with Crippen LogP contribution in [0.25, 0.3) is 10.9 Å². The summed E-state index contributed by atoms with van der Waals surface area (Å²) < 4.78 is 10.7. The number of carbonyl (C=O) groups excluding carboxylic acids is 1. The number of fused-ring (bicyclic) bond motifs is 2. The highest BCUT2D eigenvalue weighted by molar-refractivity contribution is 8.00. The predicted molar refractivity (Wildman–Crippen MR) is 91.2 cm³/mol. The highest BCUT2D eigenvalue weighted by Crippen LogP contribution is 2.36. The maximum atomic E-state index is 12.0. The number of ether oxygens (including phenoxy) is 2. The molecule has 0 saturated carbocycles. The standard InChI is InChI=1S/C17H17N3O3S/c1-17(2,3)20-15(21)8-24-16-11(7-18)4-10-5-13-14(23-9-22-13)6-12(10)19-16/h4-6H,8-9H2,1-3H3,(H,20,21). The van der Waals surface area contributed by atoms with Crippen LogP contribution in [0.1, 0.15) is 26.3 Å². The molecule has 1 N–H and O–H groups in total. The number of thioether (sulfide) groups is 1. The molecule has 0 aliphatic carbocycles. The Hall–Kier alpha value is -2.46. The van der Waals surface area contributed by atoms with Crippen molar-refractivity contribution in [1.82, 2.24) is 10.3 Å². The second-order valence-electron chi connectivity index (χ2n) is 6.44. The zero-order chi connectivity index (χ0) is 17.3. The van der Waals surface area contributed by atoms with Crippen molar-refractivity contribution in [2.24, 2.45) is 0 Å². The SMILES string of the molecule is CC(C)(C)NC(=O)CSc1nc2cc3c(cc2cc1C#N)OCO3. The first-order valence-electron chi connectivity index (χ1n) is 7.44. The molecule has 0 atom stereocenters. The molecule has 2 aromatic rings. The van der Waals surface area contributed by atoms with E-state index < -0.39 is 0 Å². The van der Waals surface area contributed by atoms with Crippen molar-refractivity contribution in [3.8, 4) is 17.6 Å². The molecule has 6 nitrogen and oxygen atoms in total. The minimum atomic E-state index is -0.287. The van der Waals surface area contributed by atoms with E-state index in [9.17, 15) is 10.1 Å². The number of nitrogens with zero attached hydrogens (tertiary/aromatic N) is 2. The van der Waals surface area contributed by atoms with Crippen LogP contribution in [-0.4, -0.2) is 29.0 Å². The number of amides is 1. The fourth-order valence-electron chi connectivity index (χ4n) is 2.32. The van der Waals surface area contributed by atoms with Gasteiger partial charge in [0.05, 0.1) is 16.8 Å². The minimum Gasteiger partial charge on any atom is -0.454 e. The number of nitriles is 1. The number of pyridine rings is 1. The number of carbonyl (C=O) groups is 1. The van der Waals surface area contributed by atoms with Gasteiger partial charge in [0.15, 0.2) is 11.5 Å². The summed E-state index contributed by atoms with van der Waals surface area (Å²) in [7, 11) is 0. The smallest absolute Gasteiger partial charge is 0.231 e. The zero-order valence-electron chi connectivity index (χ0n) is 13.7. The first kappa shape index (κ1) is 16.4. The number of aromatic nitrogens is 1. The maximum absolute atomic E-state index is 12.0. The van der Waals surface area contributed by atoms with E-state index in [0.29, 0.717) is 27.6 Å². The number of hydrogen-bond donors (Lipinski definition) is 1. The fourth-order valence-corrected chi connectivity index (χ4v) is 3.09. The summed E-state index contributed by atoms with van der Waals surface area (Å²) in [5.41, 5.74) is 0.858. The fraction of sp³-hybridized carbons (Fsp3) is 0.353. The summed E-state index contributed by atoms with van der Waals surface area (Å²) >= 11 is 1.25. The molecule has 124 valence electrons. The lowest BCUT2D eigenvalue weighted by molar-refractivity contribution is -0.119. The Morgan fingerprint density at radius 2 is 2.04 bits per heavy atom. The molecule has 0 bridgehead atoms. The largest absolute Gasteiger partial charge is 0.454 e. The summed E-state index contributed by atoms with van der Waals surface area (Å²) in [6.45, 7) is 5.96. The molecular weight excluding hydrogens is 326 g/mol. The molecule has 0 unspecified atom stereocenters. The molecular formula is C17H17N3O3S. The Morgan fingerprint density at radius 1 is 1.33 bits per heavy atom. The van der Waals surface area contributed by atoms with Gasteiger partial charge in [-0.15, -0.1) is 0 Å². The van der Waals surface area contributed by atoms with E-state index in [1.54, 1.807) is 12.1 Å². The van der Waals surface area contributed by atoms with Gasteiger partial charge >= 0.3 is 0 Å². The van der Waals surface area contributed by atoms with Crippen LogP contribution in [0.3, 0.4) is 0 Å². The lowest BCUT2D eigenvalue weighted by atomic mass is 10.1. The number of hydrogen-bond acceptors (Lipinski definition) is 6.